The second-order valence-electron chi connectivity index (χ2n) is 7.95. The van der Waals surface area contributed by atoms with Gasteiger partial charge in [-0.05, 0) is 44.9 Å². The van der Waals surface area contributed by atoms with Gasteiger partial charge in [-0.1, -0.05) is 18.6 Å². The number of nitrogens with one attached hydrogen (secondary N) is 1. The molecule has 1 aromatic carbocycles. The lowest BCUT2D eigenvalue weighted by molar-refractivity contribution is -0.124. The molecule has 2 unspecified atom stereocenters. The maximum Gasteiger partial charge on any atom is 0.234 e. The third kappa shape index (κ3) is 4.17. The van der Waals surface area contributed by atoms with Crippen LogP contribution >= 0.6 is 11.3 Å². The van der Waals surface area contributed by atoms with Crippen LogP contribution in [0.3, 0.4) is 0 Å². The smallest absolute Gasteiger partial charge is 0.234 e. The van der Waals surface area contributed by atoms with Gasteiger partial charge in [0.25, 0.3) is 0 Å². The fraction of sp³-hybridized carbons (Fsp3) is 0.579. The third-order valence-corrected chi connectivity index (χ3v) is 8.54. The summed E-state index contributed by atoms with van der Waals surface area (Å²) >= 11 is 1.70. The first-order valence-electron chi connectivity index (χ1n) is 9.45. The second kappa shape index (κ2) is 7.14. The normalized spacial score (nSPS) is 28.4. The Balaban J connectivity index is 1.47. The Hall–Kier alpha value is -1.51. The minimum atomic E-state index is -3.04. The number of likely N-dealkylation sites (tertiary alicyclic amines) is 1. The van der Waals surface area contributed by atoms with Crippen molar-refractivity contribution >= 4 is 37.3 Å². The van der Waals surface area contributed by atoms with Crippen LogP contribution < -0.4 is 5.32 Å². The molecule has 2 atom stereocenters. The van der Waals surface area contributed by atoms with E-state index in [2.05, 4.69) is 16.3 Å². The number of benzene rings is 1. The van der Waals surface area contributed by atoms with Crippen molar-refractivity contribution in [1.82, 2.24) is 15.2 Å². The van der Waals surface area contributed by atoms with E-state index in [0.717, 1.165) is 36.3 Å². The molecule has 0 aliphatic carbocycles. The van der Waals surface area contributed by atoms with Crippen molar-refractivity contribution in [2.24, 2.45) is 0 Å². The largest absolute Gasteiger partial charge is 0.349 e. The molecule has 2 aromatic rings. The fourth-order valence-corrected chi connectivity index (χ4v) is 7.39. The van der Waals surface area contributed by atoms with Crippen molar-refractivity contribution in [2.75, 3.05) is 24.6 Å². The van der Waals surface area contributed by atoms with E-state index < -0.39 is 15.4 Å². The van der Waals surface area contributed by atoms with E-state index in [1.807, 2.05) is 25.1 Å². The first kappa shape index (κ1) is 18.8. The fourth-order valence-electron chi connectivity index (χ4n) is 4.16. The number of piperidine rings is 1. The summed E-state index contributed by atoms with van der Waals surface area (Å²) in [4.78, 5) is 19.7. The van der Waals surface area contributed by atoms with Crippen LogP contribution in [0.1, 0.15) is 43.7 Å². The molecule has 4 rings (SSSR count). The predicted molar refractivity (Wildman–Crippen MR) is 108 cm³/mol. The molecule has 3 heterocycles. The molecule has 1 aromatic heterocycles. The van der Waals surface area contributed by atoms with Crippen LogP contribution in [0.25, 0.3) is 10.2 Å². The van der Waals surface area contributed by atoms with Gasteiger partial charge in [0.1, 0.15) is 5.01 Å². The number of thiazole rings is 1. The average Bonchev–Trinajstić information content (AvgIpc) is 3.15. The molecule has 2 aliphatic heterocycles. The standard InChI is InChI=1S/C19H25N3O3S2/c1-19(9-11-27(24,25)13-19)21-17(23)12-22-10-5-4-7-15(22)18-20-14-6-2-3-8-16(14)26-18/h2-3,6,8,15H,4-5,7,9-13H2,1H3,(H,21,23). The van der Waals surface area contributed by atoms with E-state index in [-0.39, 0.29) is 30.0 Å². The highest BCUT2D eigenvalue weighted by Gasteiger charge is 2.40. The molecule has 1 N–H and O–H groups in total. The molecule has 2 aliphatic rings. The van der Waals surface area contributed by atoms with Crippen LogP contribution in [0.5, 0.6) is 0 Å². The Morgan fingerprint density at radius 3 is 2.93 bits per heavy atom. The lowest BCUT2D eigenvalue weighted by atomic mass is 10.0. The Bertz CT molecular complexity index is 923. The zero-order valence-corrected chi connectivity index (χ0v) is 17.1. The molecule has 2 saturated heterocycles. The van der Waals surface area contributed by atoms with Crippen LogP contribution in [-0.4, -0.2) is 54.3 Å². The lowest BCUT2D eigenvalue weighted by Crippen LogP contribution is -2.51. The highest BCUT2D eigenvalue weighted by Crippen LogP contribution is 2.35. The predicted octanol–water partition coefficient (Wildman–Crippen LogP) is 2.52. The van der Waals surface area contributed by atoms with Crippen LogP contribution in [0, 0.1) is 0 Å². The molecule has 0 spiro atoms. The molecule has 6 nitrogen and oxygen atoms in total. The number of para-hydroxylation sites is 1. The quantitative estimate of drug-likeness (QED) is 0.842. The zero-order valence-electron chi connectivity index (χ0n) is 15.5. The molecule has 1 amide bonds. The van der Waals surface area contributed by atoms with Gasteiger partial charge in [0.15, 0.2) is 9.84 Å². The highest BCUT2D eigenvalue weighted by molar-refractivity contribution is 7.91. The molecular formula is C19H25N3O3S2. The maximum atomic E-state index is 12.7. The van der Waals surface area contributed by atoms with Gasteiger partial charge in [-0.3, -0.25) is 9.69 Å². The van der Waals surface area contributed by atoms with Crippen molar-refractivity contribution in [2.45, 2.75) is 44.2 Å². The first-order chi connectivity index (χ1) is 12.8. The molecule has 27 heavy (non-hydrogen) atoms. The van der Waals surface area contributed by atoms with Gasteiger partial charge >= 0.3 is 0 Å². The number of carbonyl (C=O) groups excluding carboxylic acids is 1. The van der Waals surface area contributed by atoms with E-state index in [9.17, 15) is 13.2 Å². The van der Waals surface area contributed by atoms with Gasteiger partial charge in [0, 0.05) is 0 Å². The van der Waals surface area contributed by atoms with Crippen LogP contribution in [0.15, 0.2) is 24.3 Å². The van der Waals surface area contributed by atoms with Crippen molar-refractivity contribution in [3.63, 3.8) is 0 Å². The minimum Gasteiger partial charge on any atom is -0.349 e. The van der Waals surface area contributed by atoms with Crippen LogP contribution in [0.2, 0.25) is 0 Å². The van der Waals surface area contributed by atoms with E-state index in [1.165, 1.54) is 4.70 Å². The number of aromatic nitrogens is 1. The first-order valence-corrected chi connectivity index (χ1v) is 12.1. The monoisotopic (exact) mass is 407 g/mol. The molecule has 0 saturated carbocycles. The molecule has 8 heteroatoms. The summed E-state index contributed by atoms with van der Waals surface area (Å²) in [5, 5.41) is 4.05. The molecular weight excluding hydrogens is 382 g/mol. The van der Waals surface area contributed by atoms with Crippen LogP contribution in [0.4, 0.5) is 0 Å². The number of nitrogens with zero attached hydrogens (tertiary/aromatic N) is 2. The van der Waals surface area contributed by atoms with E-state index in [4.69, 9.17) is 4.98 Å². The molecule has 146 valence electrons. The maximum absolute atomic E-state index is 12.7. The van der Waals surface area contributed by atoms with Crippen molar-refractivity contribution in [3.8, 4) is 0 Å². The third-order valence-electron chi connectivity index (χ3n) is 5.50. The number of rotatable bonds is 4. The Morgan fingerprint density at radius 1 is 1.37 bits per heavy atom. The minimum absolute atomic E-state index is 0.0348. The zero-order chi connectivity index (χ0) is 19.1. The molecule has 2 fully saturated rings. The SMILES string of the molecule is CC1(NC(=O)CN2CCCCC2c2nc3ccccc3s2)CCS(=O)(=O)C1. The van der Waals surface area contributed by atoms with Gasteiger partial charge in [0.05, 0.1) is 39.8 Å². The van der Waals surface area contributed by atoms with E-state index >= 15 is 0 Å². The number of amides is 1. The van der Waals surface area contributed by atoms with E-state index in [0.29, 0.717) is 6.42 Å². The number of fused-ring (bicyclic) bond motifs is 1. The summed E-state index contributed by atoms with van der Waals surface area (Å²) < 4.78 is 24.7. The number of hydrogen-bond acceptors (Lipinski definition) is 6. The summed E-state index contributed by atoms with van der Waals surface area (Å²) in [5.74, 6) is 0.0945. The highest BCUT2D eigenvalue weighted by atomic mass is 32.2. The Morgan fingerprint density at radius 2 is 2.19 bits per heavy atom. The van der Waals surface area contributed by atoms with Gasteiger partial charge in [0.2, 0.25) is 5.91 Å². The summed E-state index contributed by atoms with van der Waals surface area (Å²) in [5.41, 5.74) is 0.369. The van der Waals surface area contributed by atoms with Crippen LogP contribution in [-0.2, 0) is 14.6 Å². The lowest BCUT2D eigenvalue weighted by Gasteiger charge is -2.35. The molecule has 0 radical (unpaired) electrons. The second-order valence-corrected chi connectivity index (χ2v) is 11.2. The van der Waals surface area contributed by atoms with Crippen molar-refractivity contribution < 1.29 is 13.2 Å². The van der Waals surface area contributed by atoms with Gasteiger partial charge in [-0.2, -0.15) is 0 Å². The Kier molecular flexibility index (Phi) is 4.98. The van der Waals surface area contributed by atoms with Gasteiger partial charge < -0.3 is 5.32 Å². The Labute approximate surface area is 163 Å². The van der Waals surface area contributed by atoms with Crippen molar-refractivity contribution in [3.05, 3.63) is 29.3 Å². The van der Waals surface area contributed by atoms with E-state index in [1.54, 1.807) is 11.3 Å². The van der Waals surface area contributed by atoms with Crippen molar-refractivity contribution in [1.29, 1.82) is 0 Å². The molecule has 0 bridgehead atoms. The summed E-state index contributed by atoms with van der Waals surface area (Å²) in [6.45, 7) is 2.98. The summed E-state index contributed by atoms with van der Waals surface area (Å²) in [6, 6.07) is 8.27. The number of hydrogen-bond donors (Lipinski definition) is 1. The number of carbonyl (C=O) groups is 1. The van der Waals surface area contributed by atoms with Gasteiger partial charge in [-0.15, -0.1) is 11.3 Å². The average molecular weight is 408 g/mol. The summed E-state index contributed by atoms with van der Waals surface area (Å²) in [7, 11) is -3.04. The number of sulfone groups is 1. The topological polar surface area (TPSA) is 79.4 Å². The van der Waals surface area contributed by atoms with Gasteiger partial charge in [-0.25, -0.2) is 13.4 Å². The summed E-state index contributed by atoms with van der Waals surface area (Å²) in [6.07, 6.45) is 3.69.